The van der Waals surface area contributed by atoms with Crippen molar-refractivity contribution in [3.63, 3.8) is 0 Å². The van der Waals surface area contributed by atoms with E-state index in [0.29, 0.717) is 11.3 Å². The minimum Gasteiger partial charge on any atom is -0.423 e. The lowest BCUT2D eigenvalue weighted by atomic mass is 9.70. The van der Waals surface area contributed by atoms with E-state index >= 15 is 0 Å². The van der Waals surface area contributed by atoms with Crippen molar-refractivity contribution >= 4 is 12.6 Å². The number of halogens is 4. The Bertz CT molecular complexity index is 579. The van der Waals surface area contributed by atoms with Gasteiger partial charge < -0.3 is 10.0 Å². The molecule has 1 aromatic rings. The van der Waals surface area contributed by atoms with Gasteiger partial charge in [0.25, 0.3) is 0 Å². The summed E-state index contributed by atoms with van der Waals surface area (Å²) < 4.78 is 52.7. The molecule has 0 atom stereocenters. The number of hydrogen-bond acceptors (Lipinski definition) is 3. The summed E-state index contributed by atoms with van der Waals surface area (Å²) in [7, 11) is -1.75. The Kier molecular flexibility index (Phi) is 4.17. The van der Waals surface area contributed by atoms with Crippen molar-refractivity contribution in [2.45, 2.75) is 62.2 Å². The van der Waals surface area contributed by atoms with Crippen molar-refractivity contribution in [2.75, 3.05) is 0 Å². The molecule has 1 heterocycles. The zero-order chi connectivity index (χ0) is 16.8. The maximum atomic E-state index is 13.3. The highest BCUT2D eigenvalue weighted by atomic mass is 19.3. The quantitative estimate of drug-likeness (QED) is 0.661. The van der Waals surface area contributed by atoms with Gasteiger partial charge in [0.15, 0.2) is 0 Å². The fourth-order valence-corrected chi connectivity index (χ4v) is 3.51. The lowest BCUT2D eigenvalue weighted by Gasteiger charge is -2.35. The molecule has 3 nitrogen and oxygen atoms in total. The monoisotopic (exact) mass is 331 g/mol. The van der Waals surface area contributed by atoms with Gasteiger partial charge in [-0.1, -0.05) is 0 Å². The summed E-state index contributed by atoms with van der Waals surface area (Å²) in [5.74, 6) is -5.94. The number of alkyl halides is 4. The first kappa shape index (κ1) is 16.7. The van der Waals surface area contributed by atoms with Gasteiger partial charge in [-0.2, -0.15) is 0 Å². The molecule has 2 N–H and O–H groups in total. The van der Waals surface area contributed by atoms with Gasteiger partial charge in [-0.3, -0.25) is 4.98 Å². The molecule has 0 amide bonds. The van der Waals surface area contributed by atoms with Crippen molar-refractivity contribution < 1.29 is 27.6 Å². The van der Waals surface area contributed by atoms with Crippen molar-refractivity contribution in [3.05, 3.63) is 23.5 Å². The second kappa shape index (κ2) is 5.74. The zero-order valence-corrected chi connectivity index (χ0v) is 12.5. The molecule has 3 rings (SSSR count). The second-order valence-corrected chi connectivity index (χ2v) is 6.70. The van der Waals surface area contributed by atoms with Crippen LogP contribution in [0.1, 0.15) is 61.6 Å². The predicted molar refractivity (Wildman–Crippen MR) is 77.1 cm³/mol. The highest BCUT2D eigenvalue weighted by molar-refractivity contribution is 6.59. The van der Waals surface area contributed by atoms with Crippen LogP contribution in [0.2, 0.25) is 0 Å². The first-order chi connectivity index (χ1) is 10.7. The van der Waals surface area contributed by atoms with Crippen LogP contribution in [0.4, 0.5) is 17.6 Å². The third-order valence-corrected chi connectivity index (χ3v) is 4.93. The van der Waals surface area contributed by atoms with Crippen LogP contribution < -0.4 is 5.46 Å². The van der Waals surface area contributed by atoms with Crippen LogP contribution in [0.5, 0.6) is 0 Å². The molecule has 0 aromatic carbocycles. The number of hydrogen-bond donors (Lipinski definition) is 2. The largest absolute Gasteiger partial charge is 0.490 e. The third kappa shape index (κ3) is 3.53. The van der Waals surface area contributed by atoms with E-state index in [2.05, 4.69) is 4.98 Å². The van der Waals surface area contributed by atoms with Gasteiger partial charge in [-0.25, -0.2) is 17.6 Å². The minimum atomic E-state index is -2.68. The van der Waals surface area contributed by atoms with Crippen LogP contribution in [0, 0.1) is 0 Å². The number of rotatable bonds is 3. The Morgan fingerprint density at radius 2 is 1.61 bits per heavy atom. The molecule has 2 saturated carbocycles. The van der Waals surface area contributed by atoms with Gasteiger partial charge in [-0.15, -0.1) is 0 Å². The Labute approximate surface area is 131 Å². The van der Waals surface area contributed by atoms with Crippen LogP contribution in [0.3, 0.4) is 0 Å². The Morgan fingerprint density at radius 1 is 1.00 bits per heavy atom. The van der Waals surface area contributed by atoms with E-state index in [0.717, 1.165) is 0 Å². The van der Waals surface area contributed by atoms with E-state index in [1.807, 2.05) is 0 Å². The maximum absolute atomic E-state index is 13.3. The van der Waals surface area contributed by atoms with E-state index in [1.54, 1.807) is 6.07 Å². The van der Waals surface area contributed by atoms with Gasteiger partial charge in [0.2, 0.25) is 11.8 Å². The summed E-state index contributed by atoms with van der Waals surface area (Å²) in [5, 5.41) is 18.9. The zero-order valence-electron chi connectivity index (χ0n) is 12.5. The first-order valence-electron chi connectivity index (χ1n) is 7.78. The second-order valence-electron chi connectivity index (χ2n) is 6.70. The molecule has 2 aliphatic rings. The summed E-state index contributed by atoms with van der Waals surface area (Å²) in [6.45, 7) is 0. The molecule has 0 aliphatic heterocycles. The molecule has 0 spiro atoms. The molecule has 126 valence electrons. The van der Waals surface area contributed by atoms with Crippen LogP contribution >= 0.6 is 0 Å². The average molecular weight is 331 g/mol. The van der Waals surface area contributed by atoms with Gasteiger partial charge in [0.05, 0.1) is 0 Å². The maximum Gasteiger partial charge on any atom is 0.490 e. The molecule has 0 bridgehead atoms. The number of aromatic nitrogens is 1. The van der Waals surface area contributed by atoms with Crippen molar-refractivity contribution in [1.29, 1.82) is 0 Å². The van der Waals surface area contributed by atoms with Gasteiger partial charge in [0, 0.05) is 49.0 Å². The third-order valence-electron chi connectivity index (χ3n) is 4.93. The molecular weight excluding hydrogens is 313 g/mol. The topological polar surface area (TPSA) is 53.4 Å². The fraction of sp³-hybridized carbons (Fsp3) is 0.667. The van der Waals surface area contributed by atoms with Crippen molar-refractivity contribution in [2.24, 2.45) is 0 Å². The summed E-state index contributed by atoms with van der Waals surface area (Å²) >= 11 is 0. The van der Waals surface area contributed by atoms with Crippen molar-refractivity contribution in [3.8, 4) is 0 Å². The summed E-state index contributed by atoms with van der Waals surface area (Å²) in [6, 6.07) is 1.60. The standard InChI is InChI=1S/C15H18BF4NO2/c17-14(18)3-1-9(2-4-14)11-5-13(10-6-15(19,20)7-10)21-8-12(11)16(22)23/h5,8-10,22-23H,1-4,6-7H2. The molecule has 1 aromatic heterocycles. The normalized spacial score (nSPS) is 24.3. The number of nitrogens with zero attached hydrogens (tertiary/aromatic N) is 1. The molecule has 0 saturated heterocycles. The van der Waals surface area contributed by atoms with E-state index in [1.165, 1.54) is 6.20 Å². The molecule has 2 fully saturated rings. The first-order valence-corrected chi connectivity index (χ1v) is 7.78. The smallest absolute Gasteiger partial charge is 0.423 e. The average Bonchev–Trinajstić information content (AvgIpc) is 2.44. The molecule has 23 heavy (non-hydrogen) atoms. The Balaban J connectivity index is 1.84. The van der Waals surface area contributed by atoms with Crippen LogP contribution in [0.15, 0.2) is 12.3 Å². The molecule has 8 heteroatoms. The highest BCUT2D eigenvalue weighted by Gasteiger charge is 2.47. The summed E-state index contributed by atoms with van der Waals surface area (Å²) in [6.07, 6.45) is 0.689. The summed E-state index contributed by atoms with van der Waals surface area (Å²) in [5.41, 5.74) is 1.21. The molecule has 2 aliphatic carbocycles. The highest BCUT2D eigenvalue weighted by Crippen LogP contribution is 2.48. The lowest BCUT2D eigenvalue weighted by molar-refractivity contribution is -0.0876. The molecular formula is C15H18BF4NO2. The Hall–Kier alpha value is -1.15. The van der Waals surface area contributed by atoms with E-state index < -0.39 is 19.0 Å². The van der Waals surface area contributed by atoms with E-state index in [4.69, 9.17) is 0 Å². The molecule has 0 radical (unpaired) electrons. The SMILES string of the molecule is OB(O)c1cnc(C2CC(F)(F)C2)cc1C1CCC(F)(F)CC1. The Morgan fingerprint density at radius 3 is 2.13 bits per heavy atom. The van der Waals surface area contributed by atoms with Gasteiger partial charge >= 0.3 is 7.12 Å². The van der Waals surface area contributed by atoms with Gasteiger partial charge in [0.1, 0.15) is 0 Å². The lowest BCUT2D eigenvalue weighted by Crippen LogP contribution is -2.38. The van der Waals surface area contributed by atoms with Gasteiger partial charge in [-0.05, 0) is 30.4 Å². The number of pyridine rings is 1. The van der Waals surface area contributed by atoms with Crippen molar-refractivity contribution in [1.82, 2.24) is 4.98 Å². The summed E-state index contributed by atoms with van der Waals surface area (Å²) in [4.78, 5) is 4.07. The molecule has 0 unspecified atom stereocenters. The predicted octanol–water partition coefficient (Wildman–Crippen LogP) is 2.57. The van der Waals surface area contributed by atoms with Crippen LogP contribution in [-0.4, -0.2) is 34.0 Å². The van der Waals surface area contributed by atoms with Crippen LogP contribution in [-0.2, 0) is 0 Å². The van der Waals surface area contributed by atoms with Crippen LogP contribution in [0.25, 0.3) is 0 Å². The van der Waals surface area contributed by atoms with E-state index in [9.17, 15) is 27.6 Å². The van der Waals surface area contributed by atoms with E-state index in [-0.39, 0.29) is 55.8 Å². The fourth-order valence-electron chi connectivity index (χ4n) is 3.51. The minimum absolute atomic E-state index is 0.176.